The van der Waals surface area contributed by atoms with Crippen LogP contribution in [0, 0.1) is 18.8 Å². The maximum absolute atomic E-state index is 12.7. The Labute approximate surface area is 159 Å². The number of pyridine rings is 2. The molecule has 1 aromatic carbocycles. The third-order valence-electron chi connectivity index (χ3n) is 3.74. The van der Waals surface area contributed by atoms with Crippen LogP contribution < -0.4 is 5.32 Å². The number of benzene rings is 1. The van der Waals surface area contributed by atoms with E-state index < -0.39 is 17.8 Å². The maximum Gasteiger partial charge on any atom is 0.433 e. The number of carbonyl (C=O) groups is 1. The maximum atomic E-state index is 12.7. The number of nitrogens with one attached hydrogen (secondary N) is 1. The standard InChI is InChI=1S/C21H14F3N3O/c1-14-18(10-11-19(26-14)21(22,23)24)20(28)27-17-7-4-5-15(13-17)8-9-16-6-2-3-12-25-16/h2-7,10-13H,1H3,(H,27,28). The smallest absolute Gasteiger partial charge is 0.322 e. The Morgan fingerprint density at radius 3 is 2.54 bits per heavy atom. The number of nitrogens with zero attached hydrogens (tertiary/aromatic N) is 2. The molecule has 4 nitrogen and oxygen atoms in total. The Morgan fingerprint density at radius 2 is 1.86 bits per heavy atom. The van der Waals surface area contributed by atoms with Gasteiger partial charge in [-0.15, -0.1) is 0 Å². The molecule has 3 aromatic rings. The van der Waals surface area contributed by atoms with Crippen LogP contribution in [0.3, 0.4) is 0 Å². The van der Waals surface area contributed by atoms with Crippen LogP contribution in [0.1, 0.15) is 33.0 Å². The molecule has 0 bridgehead atoms. The topological polar surface area (TPSA) is 54.9 Å². The quantitative estimate of drug-likeness (QED) is 0.667. The Hall–Kier alpha value is -3.66. The summed E-state index contributed by atoms with van der Waals surface area (Å²) < 4.78 is 38.1. The van der Waals surface area contributed by atoms with Gasteiger partial charge in [-0.3, -0.25) is 4.79 Å². The van der Waals surface area contributed by atoms with E-state index in [0.29, 0.717) is 16.9 Å². The predicted octanol–water partition coefficient (Wildman–Crippen LogP) is 4.46. The van der Waals surface area contributed by atoms with Crippen molar-refractivity contribution in [3.63, 3.8) is 0 Å². The molecular weight excluding hydrogens is 367 g/mol. The fourth-order valence-electron chi connectivity index (χ4n) is 2.40. The van der Waals surface area contributed by atoms with Crippen molar-refractivity contribution in [2.24, 2.45) is 0 Å². The van der Waals surface area contributed by atoms with Gasteiger partial charge in [0, 0.05) is 17.4 Å². The van der Waals surface area contributed by atoms with E-state index in [1.807, 2.05) is 6.07 Å². The van der Waals surface area contributed by atoms with E-state index >= 15 is 0 Å². The van der Waals surface area contributed by atoms with Crippen molar-refractivity contribution in [2.75, 3.05) is 5.32 Å². The average molecular weight is 381 g/mol. The Bertz CT molecular complexity index is 1070. The van der Waals surface area contributed by atoms with Crippen molar-refractivity contribution in [3.05, 3.63) is 89.0 Å². The van der Waals surface area contributed by atoms with Gasteiger partial charge in [0.15, 0.2) is 0 Å². The first-order chi connectivity index (χ1) is 13.3. The highest BCUT2D eigenvalue weighted by molar-refractivity contribution is 6.05. The molecule has 0 aliphatic carbocycles. The molecule has 0 unspecified atom stereocenters. The van der Waals surface area contributed by atoms with Gasteiger partial charge in [-0.1, -0.05) is 18.1 Å². The number of rotatable bonds is 2. The van der Waals surface area contributed by atoms with E-state index in [9.17, 15) is 18.0 Å². The monoisotopic (exact) mass is 381 g/mol. The number of hydrogen-bond donors (Lipinski definition) is 1. The summed E-state index contributed by atoms with van der Waals surface area (Å²) in [6, 6.07) is 14.1. The van der Waals surface area contributed by atoms with E-state index in [2.05, 4.69) is 27.1 Å². The van der Waals surface area contributed by atoms with Crippen molar-refractivity contribution in [1.29, 1.82) is 0 Å². The summed E-state index contributed by atoms with van der Waals surface area (Å²) >= 11 is 0. The molecule has 1 N–H and O–H groups in total. The van der Waals surface area contributed by atoms with Crippen LogP contribution in [0.5, 0.6) is 0 Å². The number of aryl methyl sites for hydroxylation is 1. The number of alkyl halides is 3. The molecule has 0 radical (unpaired) electrons. The van der Waals surface area contributed by atoms with Gasteiger partial charge in [0.25, 0.3) is 5.91 Å². The van der Waals surface area contributed by atoms with E-state index in [-0.39, 0.29) is 11.3 Å². The number of amides is 1. The minimum absolute atomic E-state index is 0.00146. The van der Waals surface area contributed by atoms with Crippen LogP contribution in [0.2, 0.25) is 0 Å². The predicted molar refractivity (Wildman–Crippen MR) is 98.6 cm³/mol. The summed E-state index contributed by atoms with van der Waals surface area (Å²) in [6.45, 7) is 1.36. The largest absolute Gasteiger partial charge is 0.433 e. The molecule has 0 aliphatic rings. The van der Waals surface area contributed by atoms with Crippen LogP contribution >= 0.6 is 0 Å². The van der Waals surface area contributed by atoms with E-state index in [0.717, 1.165) is 12.1 Å². The molecule has 2 aromatic heterocycles. The molecule has 0 spiro atoms. The Kier molecular flexibility index (Phi) is 5.41. The fraction of sp³-hybridized carbons (Fsp3) is 0.0952. The summed E-state index contributed by atoms with van der Waals surface area (Å²) in [4.78, 5) is 20.0. The summed E-state index contributed by atoms with van der Waals surface area (Å²) in [5.41, 5.74) is 0.774. The third-order valence-corrected chi connectivity index (χ3v) is 3.74. The zero-order valence-electron chi connectivity index (χ0n) is 14.7. The van der Waals surface area contributed by atoms with E-state index in [1.54, 1.807) is 42.6 Å². The number of anilines is 1. The van der Waals surface area contributed by atoms with Crippen LogP contribution in [-0.4, -0.2) is 15.9 Å². The lowest BCUT2D eigenvalue weighted by Crippen LogP contribution is -2.16. The Balaban J connectivity index is 1.77. The third kappa shape index (κ3) is 4.74. The highest BCUT2D eigenvalue weighted by atomic mass is 19.4. The van der Waals surface area contributed by atoms with Crippen molar-refractivity contribution in [1.82, 2.24) is 9.97 Å². The van der Waals surface area contributed by atoms with Gasteiger partial charge in [-0.2, -0.15) is 13.2 Å². The molecule has 140 valence electrons. The van der Waals surface area contributed by atoms with Crippen molar-refractivity contribution in [2.45, 2.75) is 13.1 Å². The van der Waals surface area contributed by atoms with Gasteiger partial charge >= 0.3 is 6.18 Å². The molecule has 3 rings (SSSR count). The first-order valence-electron chi connectivity index (χ1n) is 8.22. The molecule has 0 aliphatic heterocycles. The van der Waals surface area contributed by atoms with Crippen LogP contribution in [-0.2, 0) is 6.18 Å². The lowest BCUT2D eigenvalue weighted by atomic mass is 10.1. The number of aromatic nitrogens is 2. The molecule has 28 heavy (non-hydrogen) atoms. The van der Waals surface area contributed by atoms with E-state index in [1.165, 1.54) is 6.92 Å². The summed E-state index contributed by atoms with van der Waals surface area (Å²) in [5.74, 6) is 5.31. The van der Waals surface area contributed by atoms with E-state index in [4.69, 9.17) is 0 Å². The Morgan fingerprint density at radius 1 is 1.04 bits per heavy atom. The summed E-state index contributed by atoms with van der Waals surface area (Å²) in [7, 11) is 0. The molecule has 0 fully saturated rings. The highest BCUT2D eigenvalue weighted by Crippen LogP contribution is 2.28. The second-order valence-corrected chi connectivity index (χ2v) is 5.83. The first-order valence-corrected chi connectivity index (χ1v) is 8.22. The molecular formula is C21H14F3N3O. The lowest BCUT2D eigenvalue weighted by molar-refractivity contribution is -0.141. The second kappa shape index (κ2) is 7.92. The van der Waals surface area contributed by atoms with Gasteiger partial charge in [0.2, 0.25) is 0 Å². The molecule has 0 saturated heterocycles. The van der Waals surface area contributed by atoms with Crippen LogP contribution in [0.25, 0.3) is 0 Å². The fourth-order valence-corrected chi connectivity index (χ4v) is 2.40. The second-order valence-electron chi connectivity index (χ2n) is 5.83. The molecule has 7 heteroatoms. The van der Waals surface area contributed by atoms with Crippen LogP contribution in [0.15, 0.2) is 60.8 Å². The average Bonchev–Trinajstić information content (AvgIpc) is 2.66. The minimum atomic E-state index is -4.56. The molecule has 0 saturated carbocycles. The van der Waals surface area contributed by atoms with Crippen LogP contribution in [0.4, 0.5) is 18.9 Å². The highest BCUT2D eigenvalue weighted by Gasteiger charge is 2.33. The van der Waals surface area contributed by atoms with Gasteiger partial charge in [-0.25, -0.2) is 9.97 Å². The number of carbonyl (C=O) groups excluding carboxylic acids is 1. The van der Waals surface area contributed by atoms with Crippen molar-refractivity contribution >= 4 is 11.6 Å². The van der Waals surface area contributed by atoms with Gasteiger partial charge in [-0.05, 0) is 55.3 Å². The SMILES string of the molecule is Cc1nc(C(F)(F)F)ccc1C(=O)Nc1cccc(C#Cc2ccccn2)c1. The normalized spacial score (nSPS) is 10.7. The first kappa shape index (κ1) is 19.1. The summed E-state index contributed by atoms with van der Waals surface area (Å²) in [6.07, 6.45) is -2.92. The van der Waals surface area contributed by atoms with Gasteiger partial charge in [0.05, 0.1) is 11.3 Å². The van der Waals surface area contributed by atoms with Gasteiger partial charge in [0.1, 0.15) is 11.4 Å². The zero-order valence-corrected chi connectivity index (χ0v) is 14.7. The molecule has 0 atom stereocenters. The zero-order chi connectivity index (χ0) is 20.1. The molecule has 1 amide bonds. The number of halogens is 3. The van der Waals surface area contributed by atoms with Crippen molar-refractivity contribution < 1.29 is 18.0 Å². The van der Waals surface area contributed by atoms with Gasteiger partial charge < -0.3 is 5.32 Å². The molecule has 2 heterocycles. The lowest BCUT2D eigenvalue weighted by Gasteiger charge is -2.10. The number of hydrogen-bond acceptors (Lipinski definition) is 3. The summed E-state index contributed by atoms with van der Waals surface area (Å²) in [5, 5.41) is 2.65. The van der Waals surface area contributed by atoms with Crippen molar-refractivity contribution in [3.8, 4) is 11.8 Å². The minimum Gasteiger partial charge on any atom is -0.322 e.